The number of aromatic nitrogens is 2. The van der Waals surface area contributed by atoms with E-state index in [-0.39, 0.29) is 37.1 Å². The monoisotopic (exact) mass is 598 g/mol. The number of amides is 2. The van der Waals surface area contributed by atoms with Crippen molar-refractivity contribution in [1.82, 2.24) is 19.8 Å². The molecule has 6 rings (SSSR count). The van der Waals surface area contributed by atoms with E-state index in [1.807, 2.05) is 53.4 Å². The lowest BCUT2D eigenvalue weighted by atomic mass is 10.0. The highest BCUT2D eigenvalue weighted by Gasteiger charge is 2.47. The molecule has 220 valence electrons. The zero-order valence-corrected chi connectivity index (χ0v) is 24.2. The number of nitrogens with zero attached hydrogens (tertiary/aromatic N) is 4. The Morgan fingerprint density at radius 3 is 2.35 bits per heavy atom. The van der Waals surface area contributed by atoms with E-state index in [9.17, 15) is 14.4 Å². The van der Waals surface area contributed by atoms with E-state index >= 15 is 0 Å². The fourth-order valence-corrected chi connectivity index (χ4v) is 6.04. The molecule has 3 aromatic carbocycles. The molecule has 0 saturated carbocycles. The Morgan fingerprint density at radius 2 is 1.63 bits per heavy atom. The largest absolute Gasteiger partial charge is 0.481 e. The van der Waals surface area contributed by atoms with Gasteiger partial charge in [0.15, 0.2) is 0 Å². The molecule has 2 aliphatic heterocycles. The van der Waals surface area contributed by atoms with Crippen molar-refractivity contribution in [3.05, 3.63) is 94.6 Å². The average molecular weight is 599 g/mol. The standard InChI is InChI=1S/C33H31ClN4O5/c34-24-13-10-22(11-14-24)31-28(8-4-5-9-30(39)40)35-29-16-23(12-15-27(29)36-31)32(41)37-18-26-17-25(37)19-38(26)33(42)43-20-21-6-2-1-3-7-21/h1-3,6-7,10-16,25-26H,4-5,8-9,17-20H2,(H,39,40)/t25-,26-/m1/s1. The number of ether oxygens (including phenoxy) is 1. The van der Waals surface area contributed by atoms with Crippen LogP contribution in [0.1, 0.15) is 47.3 Å². The van der Waals surface area contributed by atoms with Gasteiger partial charge >= 0.3 is 12.1 Å². The second-order valence-electron chi connectivity index (χ2n) is 11.0. The maximum atomic E-state index is 13.6. The Kier molecular flexibility index (Phi) is 8.24. The van der Waals surface area contributed by atoms with Gasteiger partial charge < -0.3 is 19.6 Å². The van der Waals surface area contributed by atoms with E-state index in [0.717, 1.165) is 28.9 Å². The summed E-state index contributed by atoms with van der Waals surface area (Å²) in [6.45, 7) is 1.12. The van der Waals surface area contributed by atoms with Gasteiger partial charge in [-0.3, -0.25) is 9.59 Å². The van der Waals surface area contributed by atoms with Gasteiger partial charge in [-0.1, -0.05) is 54.1 Å². The number of likely N-dealkylation sites (tertiary alicyclic amines) is 2. The van der Waals surface area contributed by atoms with Crippen molar-refractivity contribution in [1.29, 1.82) is 0 Å². The molecule has 2 saturated heterocycles. The molecule has 0 radical (unpaired) electrons. The van der Waals surface area contributed by atoms with Crippen LogP contribution in [0.3, 0.4) is 0 Å². The first-order chi connectivity index (χ1) is 20.9. The molecular weight excluding hydrogens is 568 g/mol. The SMILES string of the molecule is O=C(O)CCCCc1nc2cc(C(=O)N3C[C@H]4C[C@@H]3CN4C(=O)OCc3ccccc3)ccc2nc1-c1ccc(Cl)cc1. The minimum absolute atomic E-state index is 0.0689. The Hall–Kier alpha value is -4.50. The lowest BCUT2D eigenvalue weighted by molar-refractivity contribution is -0.137. The number of halogens is 1. The highest BCUT2D eigenvalue weighted by Crippen LogP contribution is 2.33. The summed E-state index contributed by atoms with van der Waals surface area (Å²) < 4.78 is 5.53. The molecule has 1 aromatic heterocycles. The summed E-state index contributed by atoms with van der Waals surface area (Å²) in [5.74, 6) is -0.924. The molecule has 9 nitrogen and oxygen atoms in total. The molecule has 2 atom stereocenters. The highest BCUT2D eigenvalue weighted by molar-refractivity contribution is 6.30. The predicted molar refractivity (Wildman–Crippen MR) is 162 cm³/mol. The maximum Gasteiger partial charge on any atom is 0.410 e. The second-order valence-corrected chi connectivity index (χ2v) is 11.5. The zero-order chi connectivity index (χ0) is 29.9. The van der Waals surface area contributed by atoms with E-state index in [1.165, 1.54) is 0 Å². The van der Waals surface area contributed by atoms with Gasteiger partial charge in [-0.25, -0.2) is 14.8 Å². The summed E-state index contributed by atoms with van der Waals surface area (Å²) in [4.78, 5) is 50.7. The average Bonchev–Trinajstić information content (AvgIpc) is 3.64. The number of carboxylic acids is 1. The Labute approximate surface area is 254 Å². The second kappa shape index (κ2) is 12.4. The van der Waals surface area contributed by atoms with E-state index in [0.29, 0.717) is 54.0 Å². The number of carboxylic acid groups (broad SMARTS) is 1. The number of carbonyl (C=O) groups excluding carboxylic acids is 2. The number of hydrogen-bond acceptors (Lipinski definition) is 6. The van der Waals surface area contributed by atoms with Gasteiger partial charge in [0.1, 0.15) is 6.61 Å². The van der Waals surface area contributed by atoms with E-state index < -0.39 is 5.97 Å². The van der Waals surface area contributed by atoms with Gasteiger partial charge in [0.25, 0.3) is 5.91 Å². The number of hydrogen-bond donors (Lipinski definition) is 1. The minimum Gasteiger partial charge on any atom is -0.481 e. The fourth-order valence-electron chi connectivity index (χ4n) is 5.91. The van der Waals surface area contributed by atoms with Crippen molar-refractivity contribution in [2.24, 2.45) is 0 Å². The molecule has 2 bridgehead atoms. The molecule has 10 heteroatoms. The van der Waals surface area contributed by atoms with Crippen LogP contribution < -0.4 is 0 Å². The summed E-state index contributed by atoms with van der Waals surface area (Å²) in [6, 6.07) is 22.2. The van der Waals surface area contributed by atoms with Crippen LogP contribution in [-0.2, 0) is 22.6 Å². The van der Waals surface area contributed by atoms with Gasteiger partial charge in [-0.15, -0.1) is 0 Å². The molecule has 2 aliphatic rings. The quantitative estimate of drug-likeness (QED) is 0.236. The lowest BCUT2D eigenvalue weighted by Gasteiger charge is -2.33. The third kappa shape index (κ3) is 6.32. The highest BCUT2D eigenvalue weighted by atomic mass is 35.5. The van der Waals surface area contributed by atoms with Crippen LogP contribution in [0.25, 0.3) is 22.3 Å². The zero-order valence-electron chi connectivity index (χ0n) is 23.5. The molecule has 0 unspecified atom stereocenters. The third-order valence-electron chi connectivity index (χ3n) is 8.10. The molecule has 0 aliphatic carbocycles. The number of aliphatic carboxylic acids is 1. The van der Waals surface area contributed by atoms with Crippen LogP contribution in [0.4, 0.5) is 4.79 Å². The van der Waals surface area contributed by atoms with E-state index in [1.54, 1.807) is 29.2 Å². The maximum absolute atomic E-state index is 13.6. The van der Waals surface area contributed by atoms with E-state index in [4.69, 9.17) is 31.4 Å². The molecule has 1 N–H and O–H groups in total. The summed E-state index contributed by atoms with van der Waals surface area (Å²) in [5.41, 5.74) is 5.04. The molecule has 43 heavy (non-hydrogen) atoms. The number of piperazine rings is 1. The third-order valence-corrected chi connectivity index (χ3v) is 8.35. The van der Waals surface area contributed by atoms with Crippen LogP contribution in [0.5, 0.6) is 0 Å². The van der Waals surface area contributed by atoms with Crippen LogP contribution in [0, 0.1) is 0 Å². The van der Waals surface area contributed by atoms with Crippen LogP contribution in [0.2, 0.25) is 5.02 Å². The van der Waals surface area contributed by atoms with Crippen molar-refractivity contribution in [2.45, 2.75) is 50.8 Å². The number of rotatable bonds is 9. The van der Waals surface area contributed by atoms with Crippen LogP contribution in [0.15, 0.2) is 72.8 Å². The number of carbonyl (C=O) groups is 3. The van der Waals surface area contributed by atoms with Crippen molar-refractivity contribution < 1.29 is 24.2 Å². The molecule has 2 fully saturated rings. The van der Waals surface area contributed by atoms with Crippen molar-refractivity contribution in [2.75, 3.05) is 13.1 Å². The number of fused-ring (bicyclic) bond motifs is 3. The summed E-state index contributed by atoms with van der Waals surface area (Å²) >= 11 is 6.10. The fraction of sp³-hybridized carbons (Fsp3) is 0.303. The topological polar surface area (TPSA) is 113 Å². The first-order valence-electron chi connectivity index (χ1n) is 14.4. The molecular formula is C33H31ClN4O5. The molecule has 4 aromatic rings. The first-order valence-corrected chi connectivity index (χ1v) is 14.8. The number of benzene rings is 3. The lowest BCUT2D eigenvalue weighted by Crippen LogP contribution is -2.50. The Balaban J connectivity index is 1.17. The predicted octanol–water partition coefficient (Wildman–Crippen LogP) is 5.98. The first kappa shape index (κ1) is 28.6. The van der Waals surface area contributed by atoms with Crippen molar-refractivity contribution >= 4 is 40.6 Å². The van der Waals surface area contributed by atoms with Crippen LogP contribution >= 0.6 is 11.6 Å². The van der Waals surface area contributed by atoms with Crippen molar-refractivity contribution in [3.63, 3.8) is 0 Å². The van der Waals surface area contributed by atoms with Gasteiger partial charge in [0.05, 0.1) is 34.5 Å². The molecule has 2 amide bonds. The number of unbranched alkanes of at least 4 members (excludes halogenated alkanes) is 1. The van der Waals surface area contributed by atoms with Crippen molar-refractivity contribution in [3.8, 4) is 11.3 Å². The number of aryl methyl sites for hydroxylation is 1. The van der Waals surface area contributed by atoms with Gasteiger partial charge in [0, 0.05) is 35.7 Å². The van der Waals surface area contributed by atoms with Gasteiger partial charge in [0.2, 0.25) is 0 Å². The smallest absolute Gasteiger partial charge is 0.410 e. The summed E-state index contributed by atoms with van der Waals surface area (Å²) in [7, 11) is 0. The Morgan fingerprint density at radius 1 is 0.884 bits per heavy atom. The Bertz CT molecular complexity index is 1660. The normalized spacial score (nSPS) is 17.4. The van der Waals surface area contributed by atoms with Gasteiger partial charge in [-0.05, 0) is 61.6 Å². The summed E-state index contributed by atoms with van der Waals surface area (Å²) in [5, 5.41) is 9.65. The summed E-state index contributed by atoms with van der Waals surface area (Å²) in [6.07, 6.45) is 2.20. The molecule has 0 spiro atoms. The van der Waals surface area contributed by atoms with Gasteiger partial charge in [-0.2, -0.15) is 0 Å². The molecule has 3 heterocycles. The van der Waals surface area contributed by atoms with Crippen LogP contribution in [-0.4, -0.2) is 68.0 Å². The minimum atomic E-state index is -0.825. The van der Waals surface area contributed by atoms with E-state index in [2.05, 4.69) is 0 Å².